The first-order valence-electron chi connectivity index (χ1n) is 11.7. The van der Waals surface area contributed by atoms with Crippen LogP contribution >= 0.6 is 0 Å². The molecule has 1 aliphatic heterocycles. The van der Waals surface area contributed by atoms with E-state index in [9.17, 15) is 22.8 Å². The second-order valence-corrected chi connectivity index (χ2v) is 9.42. The van der Waals surface area contributed by atoms with Crippen LogP contribution in [0, 0.1) is 5.92 Å². The Labute approximate surface area is 205 Å². The van der Waals surface area contributed by atoms with Crippen LogP contribution in [0.5, 0.6) is 5.75 Å². The van der Waals surface area contributed by atoms with Gasteiger partial charge in [0.2, 0.25) is 0 Å². The lowest BCUT2D eigenvalue weighted by atomic mass is 10.0. The summed E-state index contributed by atoms with van der Waals surface area (Å²) in [5, 5.41) is 5.42. The van der Waals surface area contributed by atoms with Gasteiger partial charge in [0.25, 0.3) is 5.91 Å². The van der Waals surface area contributed by atoms with Gasteiger partial charge in [-0.05, 0) is 44.9 Å². The second-order valence-electron chi connectivity index (χ2n) is 9.42. The summed E-state index contributed by atoms with van der Waals surface area (Å²) in [7, 11) is 3.16. The molecule has 2 rings (SSSR count). The molecule has 0 unspecified atom stereocenters. The van der Waals surface area contributed by atoms with Gasteiger partial charge in [-0.1, -0.05) is 6.92 Å². The number of methoxy groups -OCH3 is 1. The summed E-state index contributed by atoms with van der Waals surface area (Å²) in [5.74, 6) is -0.163. The van der Waals surface area contributed by atoms with Crippen molar-refractivity contribution in [3.8, 4) is 5.75 Å². The fourth-order valence-corrected chi connectivity index (χ4v) is 3.94. The van der Waals surface area contributed by atoms with Crippen molar-refractivity contribution in [3.05, 3.63) is 23.8 Å². The van der Waals surface area contributed by atoms with Crippen LogP contribution in [-0.2, 0) is 4.74 Å². The molecular formula is C24H37F3N4O4. The zero-order valence-corrected chi connectivity index (χ0v) is 21.2. The average Bonchev–Trinajstić information content (AvgIpc) is 2.76. The van der Waals surface area contributed by atoms with Crippen LogP contribution in [0.25, 0.3) is 0 Å². The number of likely N-dealkylation sites (N-methyl/N-ethyl adjacent to an activating group) is 1. The van der Waals surface area contributed by atoms with Crippen LogP contribution in [-0.4, -0.2) is 86.5 Å². The average molecular weight is 503 g/mol. The lowest BCUT2D eigenvalue weighted by molar-refractivity contribution is -0.140. The van der Waals surface area contributed by atoms with E-state index in [1.807, 2.05) is 20.8 Å². The van der Waals surface area contributed by atoms with Gasteiger partial charge in [0, 0.05) is 51.6 Å². The van der Waals surface area contributed by atoms with Gasteiger partial charge >= 0.3 is 12.2 Å². The van der Waals surface area contributed by atoms with E-state index in [2.05, 4.69) is 10.6 Å². The number of hydrogen-bond donors (Lipinski definition) is 2. The Balaban J connectivity index is 2.37. The van der Waals surface area contributed by atoms with Gasteiger partial charge < -0.3 is 25.0 Å². The molecule has 0 bridgehead atoms. The number of benzene rings is 1. The smallest absolute Gasteiger partial charge is 0.390 e. The number of halogens is 3. The summed E-state index contributed by atoms with van der Waals surface area (Å²) in [6.07, 6.45) is -5.57. The third-order valence-corrected chi connectivity index (χ3v) is 5.93. The van der Waals surface area contributed by atoms with E-state index < -0.39 is 18.6 Å². The number of hydrogen-bond acceptors (Lipinski definition) is 5. The van der Waals surface area contributed by atoms with Gasteiger partial charge in [-0.15, -0.1) is 0 Å². The Bertz CT molecular complexity index is 866. The number of alkyl halides is 3. The molecule has 3 amide bonds. The summed E-state index contributed by atoms with van der Waals surface area (Å²) in [6.45, 7) is 7.89. The number of ether oxygens (including phenoxy) is 2. The summed E-state index contributed by atoms with van der Waals surface area (Å²) in [6, 6.07) is 3.93. The zero-order valence-electron chi connectivity index (χ0n) is 21.2. The predicted molar refractivity (Wildman–Crippen MR) is 128 cm³/mol. The van der Waals surface area contributed by atoms with Crippen molar-refractivity contribution in [2.75, 3.05) is 45.7 Å². The fourth-order valence-electron chi connectivity index (χ4n) is 3.94. The minimum absolute atomic E-state index is 0.0647. The van der Waals surface area contributed by atoms with E-state index in [0.29, 0.717) is 18.0 Å². The van der Waals surface area contributed by atoms with Crippen molar-refractivity contribution in [1.82, 2.24) is 15.1 Å². The third kappa shape index (κ3) is 8.88. The fraction of sp³-hybridized carbons (Fsp3) is 0.667. The maximum Gasteiger partial charge on any atom is 0.390 e. The molecule has 1 aromatic carbocycles. The summed E-state index contributed by atoms with van der Waals surface area (Å²) < 4.78 is 50.4. The van der Waals surface area contributed by atoms with Crippen molar-refractivity contribution in [2.45, 2.75) is 58.5 Å². The van der Waals surface area contributed by atoms with E-state index in [4.69, 9.17) is 9.47 Å². The van der Waals surface area contributed by atoms with E-state index in [0.717, 1.165) is 0 Å². The Kier molecular flexibility index (Phi) is 10.2. The van der Waals surface area contributed by atoms with Gasteiger partial charge in [0.1, 0.15) is 12.4 Å². The maximum atomic E-state index is 13.3. The minimum atomic E-state index is -4.27. The highest BCUT2D eigenvalue weighted by Crippen LogP contribution is 2.27. The number of nitrogens with one attached hydrogen (secondary N) is 2. The lowest BCUT2D eigenvalue weighted by Gasteiger charge is -2.36. The van der Waals surface area contributed by atoms with Gasteiger partial charge in [0.05, 0.1) is 18.1 Å². The van der Waals surface area contributed by atoms with E-state index in [-0.39, 0.29) is 55.3 Å². The standard InChI is InChI=1S/C24H37F3N4O4/c1-15(2)28-23(33)29-18-7-8-20-19(11-18)22(32)30(5)13-21(34-6)16(3)12-31(17(4)14-35-20)10-9-24(25,26)27/h7-8,11,15-17,21H,9-10,12-14H2,1-6H3,(H2,28,29,33)/t16-,17-,21-/m0/s1. The molecule has 11 heteroatoms. The minimum Gasteiger partial charge on any atom is -0.491 e. The Morgan fingerprint density at radius 2 is 1.94 bits per heavy atom. The largest absolute Gasteiger partial charge is 0.491 e. The number of rotatable bonds is 5. The number of nitrogens with zero attached hydrogens (tertiary/aromatic N) is 2. The quantitative estimate of drug-likeness (QED) is 0.637. The molecular weight excluding hydrogens is 465 g/mol. The van der Waals surface area contributed by atoms with Gasteiger partial charge in [-0.2, -0.15) is 13.2 Å². The SMILES string of the molecule is CO[C@H]1CN(C)C(=O)c2cc(NC(=O)NC(C)C)ccc2OC[C@H](C)N(CCC(F)(F)F)C[C@@H]1C. The number of anilines is 1. The highest BCUT2D eigenvalue weighted by Gasteiger charge is 2.32. The number of carbonyl (C=O) groups is 2. The molecule has 8 nitrogen and oxygen atoms in total. The van der Waals surface area contributed by atoms with Crippen LogP contribution in [0.4, 0.5) is 23.7 Å². The van der Waals surface area contributed by atoms with Gasteiger partial charge in [-0.25, -0.2) is 4.79 Å². The first-order chi connectivity index (χ1) is 16.3. The van der Waals surface area contributed by atoms with Crippen molar-refractivity contribution >= 4 is 17.6 Å². The van der Waals surface area contributed by atoms with E-state index in [1.54, 1.807) is 31.0 Å². The van der Waals surface area contributed by atoms with Crippen molar-refractivity contribution in [3.63, 3.8) is 0 Å². The van der Waals surface area contributed by atoms with E-state index >= 15 is 0 Å². The molecule has 0 fully saturated rings. The van der Waals surface area contributed by atoms with Crippen LogP contribution in [0.3, 0.4) is 0 Å². The number of carbonyl (C=O) groups excluding carboxylic acids is 2. The van der Waals surface area contributed by atoms with Gasteiger partial charge in [0.15, 0.2) is 0 Å². The van der Waals surface area contributed by atoms with Crippen molar-refractivity contribution < 1.29 is 32.2 Å². The predicted octanol–water partition coefficient (Wildman–Crippen LogP) is 3.97. The number of fused-ring (bicyclic) bond motifs is 1. The Hall–Kier alpha value is -2.53. The first-order valence-corrected chi connectivity index (χ1v) is 11.7. The summed E-state index contributed by atoms with van der Waals surface area (Å²) >= 11 is 0. The molecule has 0 saturated carbocycles. The molecule has 0 spiro atoms. The Morgan fingerprint density at radius 1 is 1.26 bits per heavy atom. The first kappa shape index (κ1) is 28.7. The molecule has 35 heavy (non-hydrogen) atoms. The second kappa shape index (κ2) is 12.4. The molecule has 0 radical (unpaired) electrons. The normalized spacial score (nSPS) is 22.6. The molecule has 1 heterocycles. The summed E-state index contributed by atoms with van der Waals surface area (Å²) in [4.78, 5) is 28.7. The molecule has 1 aromatic rings. The van der Waals surface area contributed by atoms with Crippen LogP contribution < -0.4 is 15.4 Å². The van der Waals surface area contributed by atoms with Crippen LogP contribution in [0.2, 0.25) is 0 Å². The highest BCUT2D eigenvalue weighted by atomic mass is 19.4. The molecule has 0 aliphatic carbocycles. The lowest BCUT2D eigenvalue weighted by Crippen LogP contribution is -2.47. The van der Waals surface area contributed by atoms with Crippen molar-refractivity contribution in [2.24, 2.45) is 5.92 Å². The highest BCUT2D eigenvalue weighted by molar-refractivity contribution is 5.99. The topological polar surface area (TPSA) is 83.1 Å². The van der Waals surface area contributed by atoms with Crippen molar-refractivity contribution in [1.29, 1.82) is 0 Å². The van der Waals surface area contributed by atoms with Crippen LogP contribution in [0.15, 0.2) is 18.2 Å². The molecule has 0 saturated heterocycles. The summed E-state index contributed by atoms with van der Waals surface area (Å²) in [5.41, 5.74) is 0.655. The van der Waals surface area contributed by atoms with E-state index in [1.165, 1.54) is 18.1 Å². The maximum absolute atomic E-state index is 13.3. The Morgan fingerprint density at radius 3 is 2.54 bits per heavy atom. The monoisotopic (exact) mass is 502 g/mol. The molecule has 1 aliphatic rings. The molecule has 2 N–H and O–H groups in total. The third-order valence-electron chi connectivity index (χ3n) is 5.93. The number of amides is 3. The van der Waals surface area contributed by atoms with Crippen LogP contribution in [0.1, 0.15) is 44.5 Å². The van der Waals surface area contributed by atoms with Gasteiger partial charge in [-0.3, -0.25) is 9.69 Å². The molecule has 0 aromatic heterocycles. The molecule has 198 valence electrons. The zero-order chi connectivity index (χ0) is 26.3. The molecule has 3 atom stereocenters. The number of urea groups is 1.